The van der Waals surface area contributed by atoms with Crippen LogP contribution in [-0.2, 0) is 0 Å². The minimum absolute atomic E-state index is 0.236. The molecule has 0 saturated carbocycles. The second-order valence-corrected chi connectivity index (χ2v) is 9.10. The summed E-state index contributed by atoms with van der Waals surface area (Å²) in [6.07, 6.45) is 2.42. The molecule has 3 aromatic rings. The van der Waals surface area contributed by atoms with Gasteiger partial charge in [-0.3, -0.25) is 4.79 Å². The monoisotopic (exact) mass is 471 g/mol. The second kappa shape index (κ2) is 8.33. The van der Waals surface area contributed by atoms with Gasteiger partial charge in [0, 0.05) is 28.6 Å². The van der Waals surface area contributed by atoms with E-state index in [-0.39, 0.29) is 5.91 Å². The number of halogens is 2. The predicted molar refractivity (Wildman–Crippen MR) is 124 cm³/mol. The molecule has 1 saturated heterocycles. The third kappa shape index (κ3) is 4.41. The number of rotatable bonds is 3. The van der Waals surface area contributed by atoms with Gasteiger partial charge in [-0.05, 0) is 73.7 Å². The maximum atomic E-state index is 12.7. The fourth-order valence-electron chi connectivity index (χ4n) is 3.72. The lowest BCUT2D eigenvalue weighted by atomic mass is 9.99. The van der Waals surface area contributed by atoms with Crippen LogP contribution in [0.1, 0.15) is 35.7 Å². The van der Waals surface area contributed by atoms with E-state index < -0.39 is 0 Å². The summed E-state index contributed by atoms with van der Waals surface area (Å²) < 4.78 is 0.810. The Hall–Kier alpha value is -2.11. The number of carbonyl (C=O) groups is 1. The summed E-state index contributed by atoms with van der Waals surface area (Å²) in [6.45, 7) is 6.52. The van der Waals surface area contributed by atoms with Crippen molar-refractivity contribution in [3.05, 3.63) is 63.1 Å². The minimum Gasteiger partial charge on any atom is -0.357 e. The lowest BCUT2D eigenvalue weighted by Gasteiger charge is -2.31. The van der Waals surface area contributed by atoms with E-state index in [9.17, 15) is 4.79 Å². The van der Waals surface area contributed by atoms with Gasteiger partial charge in [0.15, 0.2) is 0 Å². The normalized spacial score (nSPS) is 15.0. The smallest absolute Gasteiger partial charge is 0.257 e. The van der Waals surface area contributed by atoms with Crippen LogP contribution in [0.4, 0.5) is 11.5 Å². The van der Waals surface area contributed by atoms with Gasteiger partial charge in [-0.2, -0.15) is 0 Å². The molecule has 29 heavy (non-hydrogen) atoms. The molecule has 150 valence electrons. The molecule has 1 N–H and O–H groups in total. The first-order valence-electron chi connectivity index (χ1n) is 9.83. The number of aryl methyl sites for hydroxylation is 1. The SMILES string of the molecule is Cc1cc(N2CCC(C)CC2)nc2ccc(NC(=O)c3cc(Br)ccc3Cl)cc12. The van der Waals surface area contributed by atoms with E-state index in [1.807, 2.05) is 24.3 Å². The van der Waals surface area contributed by atoms with E-state index in [2.05, 4.69) is 46.1 Å². The van der Waals surface area contributed by atoms with Crippen molar-refractivity contribution >= 4 is 55.8 Å². The highest BCUT2D eigenvalue weighted by Crippen LogP contribution is 2.28. The third-order valence-corrected chi connectivity index (χ3v) is 6.36. The zero-order chi connectivity index (χ0) is 20.5. The van der Waals surface area contributed by atoms with Crippen LogP contribution in [0.25, 0.3) is 10.9 Å². The number of nitrogens with one attached hydrogen (secondary N) is 1. The average Bonchev–Trinajstić information content (AvgIpc) is 2.70. The van der Waals surface area contributed by atoms with Gasteiger partial charge < -0.3 is 10.2 Å². The van der Waals surface area contributed by atoms with Gasteiger partial charge in [0.05, 0.1) is 16.1 Å². The molecule has 0 unspecified atom stereocenters. The van der Waals surface area contributed by atoms with Gasteiger partial charge in [-0.15, -0.1) is 0 Å². The summed E-state index contributed by atoms with van der Waals surface area (Å²) in [6, 6.07) is 13.2. The summed E-state index contributed by atoms with van der Waals surface area (Å²) in [5, 5.41) is 4.41. The molecule has 2 aromatic carbocycles. The largest absolute Gasteiger partial charge is 0.357 e. The zero-order valence-corrected chi connectivity index (χ0v) is 18.8. The summed E-state index contributed by atoms with van der Waals surface area (Å²) in [7, 11) is 0. The fourth-order valence-corrected chi connectivity index (χ4v) is 4.29. The highest BCUT2D eigenvalue weighted by molar-refractivity contribution is 9.10. The standard InChI is InChI=1S/C23H23BrClN3O/c1-14-7-9-28(10-8-14)22-11-15(2)18-13-17(4-6-21(18)27-22)26-23(29)19-12-16(24)3-5-20(19)25/h3-6,11-14H,7-10H2,1-2H3,(H,26,29). The van der Waals surface area contributed by atoms with Crippen molar-refractivity contribution in [2.75, 3.05) is 23.3 Å². The molecule has 0 spiro atoms. The number of hydrogen-bond donors (Lipinski definition) is 1. The molecular formula is C23H23BrClN3O. The Morgan fingerprint density at radius 1 is 1.17 bits per heavy atom. The molecule has 1 aliphatic heterocycles. The zero-order valence-electron chi connectivity index (χ0n) is 16.5. The second-order valence-electron chi connectivity index (χ2n) is 7.78. The van der Waals surface area contributed by atoms with Crippen molar-refractivity contribution in [2.45, 2.75) is 26.7 Å². The quantitative estimate of drug-likeness (QED) is 0.476. The van der Waals surface area contributed by atoms with Crippen LogP contribution in [0.2, 0.25) is 5.02 Å². The number of amides is 1. The summed E-state index contributed by atoms with van der Waals surface area (Å²) in [5.41, 5.74) is 3.26. The van der Waals surface area contributed by atoms with E-state index in [0.717, 1.165) is 51.5 Å². The maximum absolute atomic E-state index is 12.7. The molecule has 4 nitrogen and oxygen atoms in total. The number of piperidine rings is 1. The Morgan fingerprint density at radius 3 is 2.69 bits per heavy atom. The molecule has 6 heteroatoms. The average molecular weight is 473 g/mol. The minimum atomic E-state index is -0.236. The van der Waals surface area contributed by atoms with E-state index in [1.54, 1.807) is 12.1 Å². The molecule has 1 amide bonds. The molecule has 0 radical (unpaired) electrons. The van der Waals surface area contributed by atoms with Crippen LogP contribution in [-0.4, -0.2) is 24.0 Å². The first-order chi connectivity index (χ1) is 13.9. The van der Waals surface area contributed by atoms with E-state index in [0.29, 0.717) is 10.6 Å². The van der Waals surface area contributed by atoms with Gasteiger partial charge >= 0.3 is 0 Å². The molecule has 1 aliphatic rings. The van der Waals surface area contributed by atoms with Gasteiger partial charge in [0.1, 0.15) is 5.82 Å². The first-order valence-corrected chi connectivity index (χ1v) is 11.0. The van der Waals surface area contributed by atoms with Crippen LogP contribution in [0.5, 0.6) is 0 Å². The Bertz CT molecular complexity index is 1080. The van der Waals surface area contributed by atoms with Crippen molar-refractivity contribution in [1.82, 2.24) is 4.98 Å². The van der Waals surface area contributed by atoms with E-state index in [1.165, 1.54) is 12.8 Å². The lowest BCUT2D eigenvalue weighted by Crippen LogP contribution is -2.33. The molecule has 4 rings (SSSR count). The van der Waals surface area contributed by atoms with Crippen molar-refractivity contribution in [1.29, 1.82) is 0 Å². The molecule has 1 fully saturated rings. The van der Waals surface area contributed by atoms with Crippen LogP contribution in [0.3, 0.4) is 0 Å². The molecule has 2 heterocycles. The van der Waals surface area contributed by atoms with Gasteiger partial charge in [-0.25, -0.2) is 4.98 Å². The summed E-state index contributed by atoms with van der Waals surface area (Å²) in [5.74, 6) is 1.60. The van der Waals surface area contributed by atoms with Gasteiger partial charge in [0.2, 0.25) is 0 Å². The number of pyridine rings is 1. The van der Waals surface area contributed by atoms with Crippen LogP contribution in [0.15, 0.2) is 46.9 Å². The summed E-state index contributed by atoms with van der Waals surface area (Å²) >= 11 is 9.57. The fraction of sp³-hybridized carbons (Fsp3) is 0.304. The number of hydrogen-bond acceptors (Lipinski definition) is 3. The topological polar surface area (TPSA) is 45.2 Å². The molecule has 0 bridgehead atoms. The first kappa shape index (κ1) is 20.2. The van der Waals surface area contributed by atoms with Crippen molar-refractivity contribution < 1.29 is 4.79 Å². The van der Waals surface area contributed by atoms with Crippen molar-refractivity contribution in [3.63, 3.8) is 0 Å². The predicted octanol–water partition coefficient (Wildman–Crippen LogP) is 6.45. The molecule has 0 aliphatic carbocycles. The Labute approximate surface area is 184 Å². The van der Waals surface area contributed by atoms with Crippen LogP contribution < -0.4 is 10.2 Å². The molecule has 0 atom stereocenters. The Balaban J connectivity index is 1.59. The number of benzene rings is 2. The number of aromatic nitrogens is 1. The number of carbonyl (C=O) groups excluding carboxylic acids is 1. The highest BCUT2D eigenvalue weighted by atomic mass is 79.9. The molecular weight excluding hydrogens is 450 g/mol. The Kier molecular flexibility index (Phi) is 5.79. The number of nitrogens with zero attached hydrogens (tertiary/aromatic N) is 2. The van der Waals surface area contributed by atoms with Crippen LogP contribution in [0, 0.1) is 12.8 Å². The number of fused-ring (bicyclic) bond motifs is 1. The third-order valence-electron chi connectivity index (χ3n) is 5.54. The number of anilines is 2. The summed E-state index contributed by atoms with van der Waals surface area (Å²) in [4.78, 5) is 19.9. The maximum Gasteiger partial charge on any atom is 0.257 e. The Morgan fingerprint density at radius 2 is 1.93 bits per heavy atom. The highest BCUT2D eigenvalue weighted by Gasteiger charge is 2.18. The van der Waals surface area contributed by atoms with Crippen LogP contribution >= 0.6 is 27.5 Å². The molecule has 1 aromatic heterocycles. The van der Waals surface area contributed by atoms with Crippen molar-refractivity contribution in [3.8, 4) is 0 Å². The van der Waals surface area contributed by atoms with Crippen molar-refractivity contribution in [2.24, 2.45) is 5.92 Å². The van der Waals surface area contributed by atoms with E-state index >= 15 is 0 Å². The van der Waals surface area contributed by atoms with Gasteiger partial charge in [0.25, 0.3) is 5.91 Å². The van der Waals surface area contributed by atoms with Gasteiger partial charge in [-0.1, -0.05) is 34.5 Å². The lowest BCUT2D eigenvalue weighted by molar-refractivity contribution is 0.102. The van der Waals surface area contributed by atoms with E-state index in [4.69, 9.17) is 16.6 Å².